The van der Waals surface area contributed by atoms with Crippen molar-refractivity contribution in [2.24, 2.45) is 5.92 Å². The van der Waals surface area contributed by atoms with Gasteiger partial charge in [-0.1, -0.05) is 6.08 Å². The molecule has 20 heavy (non-hydrogen) atoms. The van der Waals surface area contributed by atoms with Gasteiger partial charge in [0.1, 0.15) is 5.60 Å². The Morgan fingerprint density at radius 1 is 1.30 bits per heavy atom. The van der Waals surface area contributed by atoms with E-state index >= 15 is 0 Å². The largest absolute Gasteiger partial charge is 0.450 e. The van der Waals surface area contributed by atoms with E-state index in [4.69, 9.17) is 4.74 Å². The molecule has 1 aliphatic rings. The fraction of sp³-hybridized carbons (Fsp3) is 0.667. The van der Waals surface area contributed by atoms with Crippen molar-refractivity contribution in [2.45, 2.75) is 45.4 Å². The molecular formula is C12H17F3N2O3. The zero-order valence-electron chi connectivity index (χ0n) is 11.4. The molecule has 1 amide bonds. The van der Waals surface area contributed by atoms with Gasteiger partial charge in [0.05, 0.1) is 5.92 Å². The predicted octanol–water partition coefficient (Wildman–Crippen LogP) is 2.44. The van der Waals surface area contributed by atoms with Gasteiger partial charge in [0, 0.05) is 5.70 Å². The molecule has 5 nitrogen and oxygen atoms in total. The number of rotatable bonds is 3. The second-order valence-electron chi connectivity index (χ2n) is 5.40. The van der Waals surface area contributed by atoms with E-state index in [0.717, 1.165) is 0 Å². The molecule has 0 unspecified atom stereocenters. The van der Waals surface area contributed by atoms with Gasteiger partial charge in [-0.05, 0) is 33.6 Å². The molecule has 0 aromatic carbocycles. The first kappa shape index (κ1) is 16.3. The molecule has 0 radical (unpaired) electrons. The fourth-order valence-corrected chi connectivity index (χ4v) is 1.74. The third-order valence-corrected chi connectivity index (χ3v) is 2.50. The Kier molecular flexibility index (Phi) is 4.67. The molecule has 1 aliphatic carbocycles. The van der Waals surface area contributed by atoms with Crippen LogP contribution < -0.4 is 10.9 Å². The van der Waals surface area contributed by atoms with Gasteiger partial charge >= 0.3 is 12.3 Å². The number of carbonyl (C=O) groups excluding carboxylic acids is 2. The molecule has 0 fully saturated rings. The summed E-state index contributed by atoms with van der Waals surface area (Å²) in [5.74, 6) is -3.12. The van der Waals surface area contributed by atoms with Gasteiger partial charge in [-0.25, -0.2) is 10.2 Å². The van der Waals surface area contributed by atoms with Crippen LogP contribution in [0.3, 0.4) is 0 Å². The lowest BCUT2D eigenvalue weighted by Gasteiger charge is -2.21. The third kappa shape index (κ3) is 4.75. The molecule has 0 spiro atoms. The molecule has 114 valence electrons. The van der Waals surface area contributed by atoms with Crippen LogP contribution in [0.2, 0.25) is 0 Å². The monoisotopic (exact) mass is 294 g/mol. The molecule has 0 aromatic heterocycles. The lowest BCUT2D eigenvalue weighted by atomic mass is 10.0. The predicted molar refractivity (Wildman–Crippen MR) is 64.4 cm³/mol. The quantitative estimate of drug-likeness (QED) is 0.785. The van der Waals surface area contributed by atoms with E-state index < -0.39 is 29.6 Å². The zero-order valence-corrected chi connectivity index (χ0v) is 11.4. The van der Waals surface area contributed by atoms with Gasteiger partial charge < -0.3 is 4.74 Å². The highest BCUT2D eigenvalue weighted by Gasteiger charge is 2.45. The highest BCUT2D eigenvalue weighted by atomic mass is 19.4. The van der Waals surface area contributed by atoms with Crippen molar-refractivity contribution < 1.29 is 27.5 Å². The second-order valence-corrected chi connectivity index (χ2v) is 5.40. The Bertz CT molecular complexity index is 425. The van der Waals surface area contributed by atoms with Crippen molar-refractivity contribution in [1.29, 1.82) is 0 Å². The smallest absolute Gasteiger partial charge is 0.443 e. The lowest BCUT2D eigenvalue weighted by molar-refractivity contribution is -0.174. The summed E-state index contributed by atoms with van der Waals surface area (Å²) in [5.41, 5.74) is 3.76. The summed E-state index contributed by atoms with van der Waals surface area (Å²) in [4.78, 5) is 22.6. The van der Waals surface area contributed by atoms with Gasteiger partial charge in [-0.2, -0.15) is 13.2 Å². The van der Waals surface area contributed by atoms with Crippen molar-refractivity contribution in [3.63, 3.8) is 0 Å². The molecule has 0 saturated carbocycles. The number of hydrogen-bond donors (Lipinski definition) is 2. The van der Waals surface area contributed by atoms with Crippen LogP contribution in [0.15, 0.2) is 11.8 Å². The first-order valence-electron chi connectivity index (χ1n) is 6.07. The standard InChI is InChI=1S/C12H17F3N2O3/c1-11(2,3)20-10(19)17-16-8-6-4-5-7(8)9(18)12(13,14)15/h6-7,16H,4-5H2,1-3H3,(H,17,19)/t7-/m0/s1. The number of allylic oxidation sites excluding steroid dienone is 2. The van der Waals surface area contributed by atoms with Crippen LogP contribution in [0.5, 0.6) is 0 Å². The third-order valence-electron chi connectivity index (χ3n) is 2.50. The molecule has 1 rings (SSSR count). The van der Waals surface area contributed by atoms with E-state index in [1.807, 2.05) is 0 Å². The normalized spacial score (nSPS) is 19.3. The number of hydrogen-bond acceptors (Lipinski definition) is 4. The Balaban J connectivity index is 2.56. The van der Waals surface area contributed by atoms with E-state index in [0.29, 0.717) is 6.42 Å². The molecule has 0 bridgehead atoms. The van der Waals surface area contributed by atoms with Crippen LogP contribution in [0.4, 0.5) is 18.0 Å². The minimum atomic E-state index is -4.89. The van der Waals surface area contributed by atoms with Gasteiger partial charge in [-0.15, -0.1) is 0 Å². The maximum absolute atomic E-state index is 12.4. The Morgan fingerprint density at radius 3 is 2.40 bits per heavy atom. The van der Waals surface area contributed by atoms with Crippen molar-refractivity contribution >= 4 is 11.9 Å². The fourth-order valence-electron chi connectivity index (χ4n) is 1.74. The Morgan fingerprint density at radius 2 is 1.90 bits per heavy atom. The molecule has 0 heterocycles. The highest BCUT2D eigenvalue weighted by molar-refractivity contribution is 5.89. The summed E-state index contributed by atoms with van der Waals surface area (Å²) in [6, 6.07) is 0. The SMILES string of the molecule is CC(C)(C)OC(=O)NNC1=CCC[C@@H]1C(=O)C(F)(F)F. The highest BCUT2D eigenvalue weighted by Crippen LogP contribution is 2.31. The first-order valence-corrected chi connectivity index (χ1v) is 6.07. The van der Waals surface area contributed by atoms with Crippen LogP contribution in [0, 0.1) is 5.92 Å². The molecule has 2 N–H and O–H groups in total. The molecule has 1 atom stereocenters. The van der Waals surface area contributed by atoms with Crippen LogP contribution in [0.1, 0.15) is 33.6 Å². The molecule has 8 heteroatoms. The van der Waals surface area contributed by atoms with Crippen molar-refractivity contribution in [1.82, 2.24) is 10.9 Å². The molecule has 0 saturated heterocycles. The van der Waals surface area contributed by atoms with Gasteiger partial charge in [-0.3, -0.25) is 10.2 Å². The summed E-state index contributed by atoms with van der Waals surface area (Å²) in [7, 11) is 0. The summed E-state index contributed by atoms with van der Waals surface area (Å²) in [6.45, 7) is 4.95. The number of amides is 1. The topological polar surface area (TPSA) is 67.4 Å². The molecule has 0 aromatic rings. The molecular weight excluding hydrogens is 277 g/mol. The van der Waals surface area contributed by atoms with Crippen LogP contribution in [-0.2, 0) is 9.53 Å². The number of hydrazine groups is 1. The Hall–Kier alpha value is -1.73. The average Bonchev–Trinajstić information content (AvgIpc) is 2.69. The van der Waals surface area contributed by atoms with Crippen molar-refractivity contribution in [3.8, 4) is 0 Å². The molecule has 0 aliphatic heterocycles. The van der Waals surface area contributed by atoms with Crippen molar-refractivity contribution in [3.05, 3.63) is 11.8 Å². The second kappa shape index (κ2) is 5.72. The summed E-state index contributed by atoms with van der Waals surface area (Å²) >= 11 is 0. The minimum Gasteiger partial charge on any atom is -0.443 e. The maximum Gasteiger partial charge on any atom is 0.450 e. The average molecular weight is 294 g/mol. The van der Waals surface area contributed by atoms with Crippen molar-refractivity contribution in [2.75, 3.05) is 0 Å². The van der Waals surface area contributed by atoms with E-state index in [-0.39, 0.29) is 12.1 Å². The van der Waals surface area contributed by atoms with E-state index in [9.17, 15) is 22.8 Å². The maximum atomic E-state index is 12.4. The van der Waals surface area contributed by atoms with Crippen LogP contribution in [0.25, 0.3) is 0 Å². The number of ketones is 1. The lowest BCUT2D eigenvalue weighted by Crippen LogP contribution is -2.43. The van der Waals surface area contributed by atoms with E-state index in [1.54, 1.807) is 20.8 Å². The minimum absolute atomic E-state index is 0.0400. The Labute approximate surface area is 114 Å². The number of ether oxygens (including phenoxy) is 1. The van der Waals surface area contributed by atoms with Crippen LogP contribution in [-0.4, -0.2) is 23.7 Å². The first-order chi connectivity index (χ1) is 9.00. The van der Waals surface area contributed by atoms with Gasteiger partial charge in [0.25, 0.3) is 0 Å². The summed E-state index contributed by atoms with van der Waals surface area (Å²) in [6.07, 6.45) is -3.86. The number of halogens is 3. The number of carbonyl (C=O) groups is 2. The van der Waals surface area contributed by atoms with E-state index in [2.05, 4.69) is 10.9 Å². The van der Waals surface area contributed by atoms with Crippen LogP contribution >= 0.6 is 0 Å². The number of Topliss-reactive ketones (excluding diaryl/α,β-unsaturated/α-hetero) is 1. The zero-order chi connectivity index (χ0) is 15.6. The summed E-state index contributed by atoms with van der Waals surface area (Å²) < 4.78 is 42.1. The van der Waals surface area contributed by atoms with Gasteiger partial charge in [0.15, 0.2) is 0 Å². The van der Waals surface area contributed by atoms with Gasteiger partial charge in [0.2, 0.25) is 5.78 Å². The van der Waals surface area contributed by atoms with E-state index in [1.165, 1.54) is 6.08 Å². The number of nitrogens with one attached hydrogen (secondary N) is 2. The summed E-state index contributed by atoms with van der Waals surface area (Å²) in [5, 5.41) is 0. The number of alkyl halides is 3.